The van der Waals surface area contributed by atoms with Crippen LogP contribution in [-0.2, 0) is 16.0 Å². The van der Waals surface area contributed by atoms with Gasteiger partial charge < -0.3 is 15.1 Å². The molecule has 0 aliphatic carbocycles. The maximum Gasteiger partial charge on any atom is 0.229 e. The molecule has 24 heavy (non-hydrogen) atoms. The van der Waals surface area contributed by atoms with Crippen LogP contribution in [0.2, 0.25) is 0 Å². The average Bonchev–Trinajstić information content (AvgIpc) is 3.08. The molecular weight excluding hydrogens is 324 g/mol. The number of nitrogens with zero attached hydrogens (tertiary/aromatic N) is 3. The number of aromatic nitrogens is 1. The van der Waals surface area contributed by atoms with Gasteiger partial charge in [-0.2, -0.15) is 0 Å². The zero-order chi connectivity index (χ0) is 16.9. The fourth-order valence-corrected chi connectivity index (χ4v) is 3.38. The summed E-state index contributed by atoms with van der Waals surface area (Å²) in [6.07, 6.45) is 2.06. The predicted octanol–water partition coefficient (Wildman–Crippen LogP) is 1.99. The molecule has 0 unspecified atom stereocenters. The van der Waals surface area contributed by atoms with Gasteiger partial charge in [0.1, 0.15) is 5.82 Å². The first-order valence-corrected chi connectivity index (χ1v) is 8.78. The first-order valence-electron chi connectivity index (χ1n) is 7.90. The minimum absolute atomic E-state index is 0.0397. The van der Waals surface area contributed by atoms with Crippen molar-refractivity contribution in [2.24, 2.45) is 0 Å². The third-order valence-corrected chi connectivity index (χ3v) is 4.87. The number of carbonyl (C=O) groups excluding carboxylic acids is 2. The quantitative estimate of drug-likeness (QED) is 0.921. The summed E-state index contributed by atoms with van der Waals surface area (Å²) in [6.45, 7) is 4.58. The van der Waals surface area contributed by atoms with Crippen LogP contribution >= 0.6 is 11.3 Å². The molecule has 1 saturated heterocycles. The monoisotopic (exact) mass is 344 g/mol. The van der Waals surface area contributed by atoms with Crippen LogP contribution in [-0.4, -0.2) is 47.9 Å². The van der Waals surface area contributed by atoms with Crippen molar-refractivity contribution in [1.29, 1.82) is 0 Å². The zero-order valence-electron chi connectivity index (χ0n) is 13.6. The van der Waals surface area contributed by atoms with E-state index in [9.17, 15) is 9.59 Å². The van der Waals surface area contributed by atoms with Gasteiger partial charge in [-0.1, -0.05) is 6.07 Å². The Kier molecular flexibility index (Phi) is 5.10. The molecule has 0 atom stereocenters. The third kappa shape index (κ3) is 4.11. The molecule has 0 saturated carbocycles. The molecule has 126 valence electrons. The summed E-state index contributed by atoms with van der Waals surface area (Å²) in [5, 5.41) is 4.83. The molecule has 3 rings (SSSR count). The molecule has 1 aliphatic heterocycles. The number of piperazine rings is 1. The first kappa shape index (κ1) is 16.4. The Balaban J connectivity index is 1.54. The number of pyridine rings is 1. The maximum atomic E-state index is 12.0. The van der Waals surface area contributed by atoms with Gasteiger partial charge in [0.2, 0.25) is 11.8 Å². The molecule has 2 aromatic rings. The Labute approximate surface area is 145 Å². The van der Waals surface area contributed by atoms with E-state index in [1.807, 2.05) is 34.5 Å². The predicted molar refractivity (Wildman–Crippen MR) is 95.4 cm³/mol. The number of amides is 2. The van der Waals surface area contributed by atoms with Gasteiger partial charge in [0.15, 0.2) is 0 Å². The molecule has 1 N–H and O–H groups in total. The van der Waals surface area contributed by atoms with Crippen LogP contribution in [0.1, 0.15) is 11.8 Å². The second kappa shape index (κ2) is 7.44. The van der Waals surface area contributed by atoms with Crippen molar-refractivity contribution in [3.63, 3.8) is 0 Å². The normalized spacial score (nSPS) is 14.5. The van der Waals surface area contributed by atoms with Crippen molar-refractivity contribution >= 4 is 34.7 Å². The summed E-state index contributed by atoms with van der Waals surface area (Å²) in [5.41, 5.74) is 0.697. The van der Waals surface area contributed by atoms with E-state index in [0.29, 0.717) is 12.1 Å². The molecule has 7 heteroatoms. The van der Waals surface area contributed by atoms with E-state index in [-0.39, 0.29) is 11.8 Å². The molecule has 0 radical (unpaired) electrons. The van der Waals surface area contributed by atoms with Crippen LogP contribution in [0.25, 0.3) is 0 Å². The van der Waals surface area contributed by atoms with Crippen molar-refractivity contribution in [3.05, 3.63) is 40.7 Å². The fourth-order valence-electron chi connectivity index (χ4n) is 2.67. The number of anilines is 2. The number of carbonyl (C=O) groups is 2. The number of hydrogen-bond donors (Lipinski definition) is 1. The Hall–Kier alpha value is -2.41. The topological polar surface area (TPSA) is 65.5 Å². The second-order valence-electron chi connectivity index (χ2n) is 5.70. The summed E-state index contributed by atoms with van der Waals surface area (Å²) in [4.78, 5) is 32.8. The lowest BCUT2D eigenvalue weighted by molar-refractivity contribution is -0.129. The molecule has 1 aliphatic rings. The summed E-state index contributed by atoms with van der Waals surface area (Å²) >= 11 is 1.57. The highest BCUT2D eigenvalue weighted by molar-refractivity contribution is 7.10. The van der Waals surface area contributed by atoms with Crippen LogP contribution in [0.4, 0.5) is 11.5 Å². The van der Waals surface area contributed by atoms with Crippen molar-refractivity contribution in [2.75, 3.05) is 36.4 Å². The Bertz CT molecular complexity index is 692. The molecule has 2 aromatic heterocycles. The maximum absolute atomic E-state index is 12.0. The number of rotatable bonds is 4. The lowest BCUT2D eigenvalue weighted by Gasteiger charge is -2.34. The number of thiophene rings is 1. The fraction of sp³-hybridized carbons (Fsp3) is 0.353. The van der Waals surface area contributed by atoms with Gasteiger partial charge >= 0.3 is 0 Å². The number of hydrogen-bond acceptors (Lipinski definition) is 5. The van der Waals surface area contributed by atoms with E-state index in [0.717, 1.165) is 36.9 Å². The Morgan fingerprint density at radius 2 is 2.00 bits per heavy atom. The van der Waals surface area contributed by atoms with Crippen molar-refractivity contribution in [2.45, 2.75) is 13.3 Å². The van der Waals surface area contributed by atoms with Gasteiger partial charge in [-0.05, 0) is 23.6 Å². The second-order valence-corrected chi connectivity index (χ2v) is 6.73. The summed E-state index contributed by atoms with van der Waals surface area (Å²) in [6, 6.07) is 7.66. The standard InChI is InChI=1S/C17H20N4O2S/c1-13(22)20-6-8-21(9-7-20)16-5-4-14(12-18-16)19-17(23)11-15-3-2-10-24-15/h2-5,10,12H,6-9,11H2,1H3,(H,19,23). The SMILES string of the molecule is CC(=O)N1CCN(c2ccc(NC(=O)Cc3cccs3)cn2)CC1. The van der Waals surface area contributed by atoms with E-state index in [2.05, 4.69) is 15.2 Å². The smallest absolute Gasteiger partial charge is 0.229 e. The minimum Gasteiger partial charge on any atom is -0.353 e. The van der Waals surface area contributed by atoms with Gasteiger partial charge in [0, 0.05) is 38.0 Å². The lowest BCUT2D eigenvalue weighted by Crippen LogP contribution is -2.48. The summed E-state index contributed by atoms with van der Waals surface area (Å²) in [7, 11) is 0. The van der Waals surface area contributed by atoms with Crippen LogP contribution in [0.15, 0.2) is 35.8 Å². The van der Waals surface area contributed by atoms with Gasteiger partial charge in [0.25, 0.3) is 0 Å². The third-order valence-electron chi connectivity index (χ3n) is 4.00. The van der Waals surface area contributed by atoms with E-state index in [1.165, 1.54) is 0 Å². The average molecular weight is 344 g/mol. The highest BCUT2D eigenvalue weighted by Crippen LogP contribution is 2.17. The van der Waals surface area contributed by atoms with Crippen molar-refractivity contribution in [1.82, 2.24) is 9.88 Å². The summed E-state index contributed by atoms with van der Waals surface area (Å²) in [5.74, 6) is 0.947. The van der Waals surface area contributed by atoms with E-state index < -0.39 is 0 Å². The van der Waals surface area contributed by atoms with E-state index in [4.69, 9.17) is 0 Å². The van der Waals surface area contributed by atoms with Crippen LogP contribution < -0.4 is 10.2 Å². The molecule has 3 heterocycles. The molecule has 6 nitrogen and oxygen atoms in total. The zero-order valence-corrected chi connectivity index (χ0v) is 14.4. The minimum atomic E-state index is -0.0397. The van der Waals surface area contributed by atoms with Gasteiger partial charge in [-0.25, -0.2) is 4.98 Å². The van der Waals surface area contributed by atoms with Gasteiger partial charge in [-0.3, -0.25) is 9.59 Å². The Morgan fingerprint density at radius 1 is 1.21 bits per heavy atom. The molecular formula is C17H20N4O2S. The highest BCUT2D eigenvalue weighted by atomic mass is 32.1. The highest BCUT2D eigenvalue weighted by Gasteiger charge is 2.19. The molecule has 0 spiro atoms. The molecule has 0 aromatic carbocycles. The van der Waals surface area contributed by atoms with E-state index >= 15 is 0 Å². The molecule has 0 bridgehead atoms. The molecule has 2 amide bonds. The first-order chi connectivity index (χ1) is 11.6. The van der Waals surface area contributed by atoms with Crippen LogP contribution in [0.3, 0.4) is 0 Å². The summed E-state index contributed by atoms with van der Waals surface area (Å²) < 4.78 is 0. The van der Waals surface area contributed by atoms with Crippen LogP contribution in [0, 0.1) is 0 Å². The van der Waals surface area contributed by atoms with Crippen molar-refractivity contribution in [3.8, 4) is 0 Å². The van der Waals surface area contributed by atoms with E-state index in [1.54, 1.807) is 24.5 Å². The Morgan fingerprint density at radius 3 is 2.58 bits per heavy atom. The largest absolute Gasteiger partial charge is 0.353 e. The molecule has 1 fully saturated rings. The van der Waals surface area contributed by atoms with Crippen molar-refractivity contribution < 1.29 is 9.59 Å². The van der Waals surface area contributed by atoms with Gasteiger partial charge in [0.05, 0.1) is 18.3 Å². The lowest BCUT2D eigenvalue weighted by atomic mass is 10.3. The van der Waals surface area contributed by atoms with Gasteiger partial charge in [-0.15, -0.1) is 11.3 Å². The van der Waals surface area contributed by atoms with Crippen LogP contribution in [0.5, 0.6) is 0 Å². The number of nitrogens with one attached hydrogen (secondary N) is 1.